The molecule has 0 unspecified atom stereocenters. The molecule has 0 aliphatic rings. The highest BCUT2D eigenvalue weighted by Gasteiger charge is 2.09. The first kappa shape index (κ1) is 15.1. The number of alkyl halides is 1. The van der Waals surface area contributed by atoms with Gasteiger partial charge in [-0.15, -0.1) is 11.6 Å². The van der Waals surface area contributed by atoms with E-state index in [1.165, 1.54) is 18.2 Å². The van der Waals surface area contributed by atoms with Crippen LogP contribution in [0.1, 0.15) is 31.0 Å². The summed E-state index contributed by atoms with van der Waals surface area (Å²) in [7, 11) is 0. The molecule has 0 spiro atoms. The highest BCUT2D eigenvalue weighted by atomic mass is 35.5. The molecule has 0 saturated heterocycles. The van der Waals surface area contributed by atoms with E-state index in [0.717, 1.165) is 11.3 Å². The van der Waals surface area contributed by atoms with Crippen molar-refractivity contribution in [2.24, 2.45) is 0 Å². The molecule has 2 aromatic rings. The Kier molecular flexibility index (Phi) is 4.84. The van der Waals surface area contributed by atoms with Crippen LogP contribution in [-0.2, 0) is 5.88 Å². The monoisotopic (exact) mass is 313 g/mol. The molecule has 0 N–H and O–H groups in total. The molecule has 0 radical (unpaired) electrons. The van der Waals surface area contributed by atoms with E-state index in [0.29, 0.717) is 17.5 Å². The van der Waals surface area contributed by atoms with Crippen LogP contribution in [0.15, 0.2) is 30.3 Å². The highest BCUT2D eigenvalue weighted by Crippen LogP contribution is 2.27. The van der Waals surface area contributed by atoms with Gasteiger partial charge in [-0.2, -0.15) is 0 Å². The first-order valence-electron chi connectivity index (χ1n) is 6.19. The molecule has 20 heavy (non-hydrogen) atoms. The second kappa shape index (κ2) is 6.42. The van der Waals surface area contributed by atoms with Gasteiger partial charge in [0.2, 0.25) is 5.88 Å². The molecule has 2 nitrogen and oxygen atoms in total. The first-order valence-corrected chi connectivity index (χ1v) is 7.10. The van der Waals surface area contributed by atoms with E-state index in [-0.39, 0.29) is 10.9 Å². The van der Waals surface area contributed by atoms with Crippen LogP contribution in [-0.4, -0.2) is 4.98 Å². The van der Waals surface area contributed by atoms with Crippen LogP contribution in [0.2, 0.25) is 5.02 Å². The lowest BCUT2D eigenvalue weighted by atomic mass is 10.1. The Morgan fingerprint density at radius 2 is 2.00 bits per heavy atom. The van der Waals surface area contributed by atoms with E-state index in [9.17, 15) is 4.39 Å². The summed E-state index contributed by atoms with van der Waals surface area (Å²) in [4.78, 5) is 4.41. The topological polar surface area (TPSA) is 22.1 Å². The zero-order valence-corrected chi connectivity index (χ0v) is 12.7. The summed E-state index contributed by atoms with van der Waals surface area (Å²) in [6, 6.07) is 7.89. The summed E-state index contributed by atoms with van der Waals surface area (Å²) in [5.41, 5.74) is 1.82. The molecule has 106 valence electrons. The van der Waals surface area contributed by atoms with Crippen molar-refractivity contribution in [3.63, 3.8) is 0 Å². The van der Waals surface area contributed by atoms with E-state index < -0.39 is 5.82 Å². The van der Waals surface area contributed by atoms with Gasteiger partial charge in [-0.25, -0.2) is 9.37 Å². The summed E-state index contributed by atoms with van der Waals surface area (Å²) in [6.07, 6.45) is 0. The first-order chi connectivity index (χ1) is 9.49. The van der Waals surface area contributed by atoms with Crippen LogP contribution in [0.4, 0.5) is 4.39 Å². The van der Waals surface area contributed by atoms with Gasteiger partial charge in [-0.3, -0.25) is 0 Å². The average Bonchev–Trinajstić information content (AvgIpc) is 2.42. The lowest BCUT2D eigenvalue weighted by molar-refractivity contribution is 0.457. The maximum absolute atomic E-state index is 13.1. The predicted molar refractivity (Wildman–Crippen MR) is 79.4 cm³/mol. The lowest BCUT2D eigenvalue weighted by Crippen LogP contribution is -1.98. The van der Waals surface area contributed by atoms with E-state index in [4.69, 9.17) is 27.9 Å². The Labute approximate surface area is 127 Å². The fourth-order valence-corrected chi connectivity index (χ4v) is 1.99. The SMILES string of the molecule is CC(C)c1cc(CCl)cc(Oc2ccc(F)c(Cl)c2)n1. The van der Waals surface area contributed by atoms with Crippen molar-refractivity contribution >= 4 is 23.2 Å². The van der Waals surface area contributed by atoms with Crippen LogP contribution >= 0.6 is 23.2 Å². The van der Waals surface area contributed by atoms with Crippen molar-refractivity contribution in [1.82, 2.24) is 4.98 Å². The minimum Gasteiger partial charge on any atom is -0.439 e. The molecule has 2 rings (SSSR count). The maximum atomic E-state index is 13.1. The van der Waals surface area contributed by atoms with Gasteiger partial charge in [-0.1, -0.05) is 25.4 Å². The van der Waals surface area contributed by atoms with Crippen LogP contribution in [0, 0.1) is 5.82 Å². The molecule has 1 heterocycles. The molecule has 1 aromatic carbocycles. The standard InChI is InChI=1S/C15H14Cl2FNO/c1-9(2)14-5-10(8-16)6-15(19-14)20-11-3-4-13(18)12(17)7-11/h3-7,9H,8H2,1-2H3. The number of aromatic nitrogens is 1. The van der Waals surface area contributed by atoms with E-state index in [2.05, 4.69) is 4.98 Å². The molecule has 0 aliphatic heterocycles. The van der Waals surface area contributed by atoms with Crippen molar-refractivity contribution in [1.29, 1.82) is 0 Å². The Bertz CT molecular complexity index is 617. The fraction of sp³-hybridized carbons (Fsp3) is 0.267. The minimum atomic E-state index is -0.482. The van der Waals surface area contributed by atoms with E-state index >= 15 is 0 Å². The largest absolute Gasteiger partial charge is 0.439 e. The number of hydrogen-bond acceptors (Lipinski definition) is 2. The predicted octanol–water partition coefficient (Wildman–Crippen LogP) is 5.53. The lowest BCUT2D eigenvalue weighted by Gasteiger charge is -2.11. The van der Waals surface area contributed by atoms with Crippen LogP contribution in [0.25, 0.3) is 0 Å². The van der Waals surface area contributed by atoms with Crippen LogP contribution in [0.3, 0.4) is 0 Å². The molecule has 1 aromatic heterocycles. The van der Waals surface area contributed by atoms with E-state index in [1.54, 1.807) is 6.07 Å². The summed E-state index contributed by atoms with van der Waals surface area (Å²) < 4.78 is 18.7. The Morgan fingerprint density at radius 1 is 1.25 bits per heavy atom. The summed E-state index contributed by atoms with van der Waals surface area (Å²) >= 11 is 11.6. The Morgan fingerprint density at radius 3 is 2.60 bits per heavy atom. The molecule has 0 saturated carbocycles. The van der Waals surface area contributed by atoms with Crippen LogP contribution in [0.5, 0.6) is 11.6 Å². The van der Waals surface area contributed by atoms with Crippen molar-refractivity contribution < 1.29 is 9.13 Å². The van der Waals surface area contributed by atoms with Gasteiger partial charge in [0.05, 0.1) is 5.02 Å². The second-order valence-corrected chi connectivity index (χ2v) is 5.38. The van der Waals surface area contributed by atoms with Gasteiger partial charge >= 0.3 is 0 Å². The average molecular weight is 314 g/mol. The zero-order chi connectivity index (χ0) is 14.7. The molecule has 0 amide bonds. The molecular formula is C15H14Cl2FNO. The van der Waals surface area contributed by atoms with Crippen molar-refractivity contribution in [2.75, 3.05) is 0 Å². The minimum absolute atomic E-state index is 0.0140. The van der Waals surface area contributed by atoms with Crippen LogP contribution < -0.4 is 4.74 Å². The Balaban J connectivity index is 2.32. The number of pyridine rings is 1. The molecule has 0 atom stereocenters. The zero-order valence-electron chi connectivity index (χ0n) is 11.2. The fourth-order valence-electron chi connectivity index (χ4n) is 1.67. The summed E-state index contributed by atoms with van der Waals surface area (Å²) in [6.45, 7) is 4.08. The van der Waals surface area contributed by atoms with Crippen molar-refractivity contribution in [2.45, 2.75) is 25.6 Å². The van der Waals surface area contributed by atoms with Crippen molar-refractivity contribution in [3.05, 3.63) is 52.4 Å². The third-order valence-corrected chi connectivity index (χ3v) is 3.34. The molecule has 5 heteroatoms. The third-order valence-electron chi connectivity index (χ3n) is 2.74. The maximum Gasteiger partial charge on any atom is 0.219 e. The molecule has 0 aliphatic carbocycles. The number of hydrogen-bond donors (Lipinski definition) is 0. The van der Waals surface area contributed by atoms with E-state index in [1.807, 2.05) is 19.9 Å². The normalized spacial score (nSPS) is 10.9. The smallest absolute Gasteiger partial charge is 0.219 e. The number of rotatable bonds is 4. The second-order valence-electron chi connectivity index (χ2n) is 4.70. The van der Waals surface area contributed by atoms with Gasteiger partial charge in [0, 0.05) is 23.7 Å². The van der Waals surface area contributed by atoms with Gasteiger partial charge < -0.3 is 4.74 Å². The summed E-state index contributed by atoms with van der Waals surface area (Å²) in [5, 5.41) is 0.0140. The third kappa shape index (κ3) is 3.62. The quantitative estimate of drug-likeness (QED) is 0.692. The molecule has 0 bridgehead atoms. The molecular weight excluding hydrogens is 300 g/mol. The van der Waals surface area contributed by atoms with Gasteiger partial charge in [-0.05, 0) is 29.7 Å². The number of benzene rings is 1. The number of halogens is 3. The molecule has 0 fully saturated rings. The van der Waals surface area contributed by atoms with Crippen molar-refractivity contribution in [3.8, 4) is 11.6 Å². The number of nitrogens with zero attached hydrogens (tertiary/aromatic N) is 1. The summed E-state index contributed by atoms with van der Waals surface area (Å²) in [5.74, 6) is 1.02. The van der Waals surface area contributed by atoms with Gasteiger partial charge in [0.1, 0.15) is 11.6 Å². The van der Waals surface area contributed by atoms with Gasteiger partial charge in [0.15, 0.2) is 0 Å². The Hall–Kier alpha value is -1.32. The number of ether oxygens (including phenoxy) is 1. The highest BCUT2D eigenvalue weighted by molar-refractivity contribution is 6.30. The van der Waals surface area contributed by atoms with Gasteiger partial charge in [0.25, 0.3) is 0 Å².